The van der Waals surface area contributed by atoms with Gasteiger partial charge in [0.1, 0.15) is 11.4 Å². The van der Waals surface area contributed by atoms with Crippen molar-refractivity contribution in [1.29, 1.82) is 0 Å². The van der Waals surface area contributed by atoms with Crippen molar-refractivity contribution in [2.75, 3.05) is 6.61 Å². The van der Waals surface area contributed by atoms with E-state index in [9.17, 15) is 18.0 Å². The lowest BCUT2D eigenvalue weighted by Crippen LogP contribution is -2.23. The van der Waals surface area contributed by atoms with Gasteiger partial charge in [-0.3, -0.25) is 14.8 Å². The maximum Gasteiger partial charge on any atom is 0.433 e. The highest BCUT2D eigenvalue weighted by atomic mass is 19.4. The first-order chi connectivity index (χ1) is 19.7. The zero-order valence-electron chi connectivity index (χ0n) is 22.6. The van der Waals surface area contributed by atoms with Gasteiger partial charge in [0.15, 0.2) is 6.23 Å². The Labute approximate surface area is 234 Å². The van der Waals surface area contributed by atoms with Crippen LogP contribution < -0.4 is 5.56 Å². The molecule has 6 rings (SSSR count). The molecule has 5 heterocycles. The minimum Gasteiger partial charge on any atom is -0.356 e. The molecule has 1 fully saturated rings. The summed E-state index contributed by atoms with van der Waals surface area (Å²) in [4.78, 5) is 20.9. The van der Waals surface area contributed by atoms with Crippen LogP contribution in [0.5, 0.6) is 0 Å². The Bertz CT molecular complexity index is 1790. The van der Waals surface area contributed by atoms with Crippen molar-refractivity contribution < 1.29 is 17.9 Å². The highest BCUT2D eigenvalue weighted by Crippen LogP contribution is 2.35. The molecule has 10 heteroatoms. The number of pyridine rings is 3. The van der Waals surface area contributed by atoms with E-state index >= 15 is 0 Å². The number of rotatable bonds is 5. The fourth-order valence-electron chi connectivity index (χ4n) is 5.37. The topological polar surface area (TPSA) is 74.8 Å². The van der Waals surface area contributed by atoms with E-state index in [1.54, 1.807) is 25.4 Å². The third-order valence-corrected chi connectivity index (χ3v) is 7.56. The SMILES string of the molecule is Cc1cc(-c2nn(C3CCCCO3)c3ccc(-c4ccn(C(C)c5ccnc(C(F)(F)F)c5)c(=O)c4)cc23)ccn1. The van der Waals surface area contributed by atoms with E-state index in [1.165, 1.54) is 16.7 Å². The molecule has 0 radical (unpaired) electrons. The van der Waals surface area contributed by atoms with Crippen LogP contribution in [0.15, 0.2) is 78.0 Å². The van der Waals surface area contributed by atoms with Crippen molar-refractivity contribution in [3.63, 3.8) is 0 Å². The van der Waals surface area contributed by atoms with Gasteiger partial charge in [-0.15, -0.1) is 0 Å². The molecule has 0 spiro atoms. The van der Waals surface area contributed by atoms with Gasteiger partial charge in [0, 0.05) is 47.9 Å². The average molecular weight is 560 g/mol. The molecule has 1 saturated heterocycles. The molecule has 0 aliphatic carbocycles. The van der Waals surface area contributed by atoms with E-state index in [1.807, 2.05) is 41.9 Å². The van der Waals surface area contributed by atoms with Crippen molar-refractivity contribution >= 4 is 10.9 Å². The normalized spacial score (nSPS) is 16.7. The number of ether oxygens (including phenoxy) is 1. The van der Waals surface area contributed by atoms with E-state index in [-0.39, 0.29) is 11.8 Å². The molecule has 4 aromatic heterocycles. The summed E-state index contributed by atoms with van der Waals surface area (Å²) in [6.45, 7) is 4.32. The standard InChI is InChI=1S/C31H28F3N5O2/c1-19-15-24(9-11-35-19)30-25-16-22(6-7-26(25)39(37-30)29-5-3-4-14-41-29)23-10-13-38(28(40)18-23)20(2)21-8-12-36-27(17-21)31(32,33)34/h6-13,15-18,20,29H,3-5,14H2,1-2H3. The second-order valence-corrected chi connectivity index (χ2v) is 10.3. The number of fused-ring (bicyclic) bond motifs is 1. The maximum absolute atomic E-state index is 13.2. The largest absolute Gasteiger partial charge is 0.433 e. The number of alkyl halides is 3. The first-order valence-electron chi connectivity index (χ1n) is 13.5. The summed E-state index contributed by atoms with van der Waals surface area (Å²) < 4.78 is 49.0. The molecule has 2 unspecified atom stereocenters. The van der Waals surface area contributed by atoms with Gasteiger partial charge < -0.3 is 9.30 Å². The smallest absolute Gasteiger partial charge is 0.356 e. The summed E-state index contributed by atoms with van der Waals surface area (Å²) in [5.41, 5.74) is 4.12. The predicted octanol–water partition coefficient (Wildman–Crippen LogP) is 6.96. The molecule has 41 heavy (non-hydrogen) atoms. The fourth-order valence-corrected chi connectivity index (χ4v) is 5.37. The van der Waals surface area contributed by atoms with Crippen molar-refractivity contribution in [2.24, 2.45) is 0 Å². The van der Waals surface area contributed by atoms with E-state index in [0.29, 0.717) is 17.7 Å². The Morgan fingerprint density at radius 1 is 0.951 bits per heavy atom. The number of benzene rings is 1. The lowest BCUT2D eigenvalue weighted by atomic mass is 10.0. The van der Waals surface area contributed by atoms with E-state index in [2.05, 4.69) is 9.97 Å². The lowest BCUT2D eigenvalue weighted by Gasteiger charge is -2.23. The van der Waals surface area contributed by atoms with Gasteiger partial charge in [0.25, 0.3) is 5.56 Å². The van der Waals surface area contributed by atoms with Gasteiger partial charge in [-0.2, -0.15) is 18.3 Å². The number of halogens is 3. The summed E-state index contributed by atoms with van der Waals surface area (Å²) in [5, 5.41) is 5.91. The zero-order valence-corrected chi connectivity index (χ0v) is 22.6. The first-order valence-corrected chi connectivity index (χ1v) is 13.5. The summed E-state index contributed by atoms with van der Waals surface area (Å²) >= 11 is 0. The third-order valence-electron chi connectivity index (χ3n) is 7.56. The van der Waals surface area contributed by atoms with E-state index < -0.39 is 17.9 Å². The van der Waals surface area contributed by atoms with Crippen molar-refractivity contribution in [2.45, 2.75) is 51.6 Å². The van der Waals surface area contributed by atoms with Gasteiger partial charge in [-0.25, -0.2) is 4.68 Å². The second kappa shape index (κ2) is 10.6. The Hall–Kier alpha value is -4.31. The van der Waals surface area contributed by atoms with Crippen LogP contribution >= 0.6 is 0 Å². The van der Waals surface area contributed by atoms with Crippen LogP contribution in [-0.4, -0.2) is 30.9 Å². The van der Waals surface area contributed by atoms with E-state index in [0.717, 1.165) is 64.9 Å². The summed E-state index contributed by atoms with van der Waals surface area (Å²) in [6.07, 6.45) is 2.77. The predicted molar refractivity (Wildman–Crippen MR) is 149 cm³/mol. The Morgan fingerprint density at radius 3 is 2.49 bits per heavy atom. The summed E-state index contributed by atoms with van der Waals surface area (Å²) in [7, 11) is 0. The number of nitrogens with zero attached hydrogens (tertiary/aromatic N) is 5. The van der Waals surface area contributed by atoms with Crippen LogP contribution in [0.2, 0.25) is 0 Å². The molecular formula is C31H28F3N5O2. The van der Waals surface area contributed by atoms with Crippen LogP contribution in [0.25, 0.3) is 33.3 Å². The van der Waals surface area contributed by atoms with Gasteiger partial charge in [0.05, 0.1) is 11.6 Å². The molecule has 5 aromatic rings. The Morgan fingerprint density at radius 2 is 1.76 bits per heavy atom. The quantitative estimate of drug-likeness (QED) is 0.233. The van der Waals surface area contributed by atoms with Crippen LogP contribution in [0.1, 0.15) is 55.4 Å². The van der Waals surface area contributed by atoms with Crippen LogP contribution in [0.4, 0.5) is 13.2 Å². The molecular weight excluding hydrogens is 531 g/mol. The van der Waals surface area contributed by atoms with Crippen LogP contribution in [-0.2, 0) is 10.9 Å². The Balaban J connectivity index is 1.40. The molecule has 1 aliphatic rings. The Kier molecular flexibility index (Phi) is 6.94. The molecule has 0 N–H and O–H groups in total. The molecule has 210 valence electrons. The zero-order chi connectivity index (χ0) is 28.7. The minimum absolute atomic E-state index is 0.148. The molecule has 0 saturated carbocycles. The molecule has 1 aromatic carbocycles. The summed E-state index contributed by atoms with van der Waals surface area (Å²) in [5.74, 6) is 0. The van der Waals surface area contributed by atoms with Crippen LogP contribution in [0.3, 0.4) is 0 Å². The van der Waals surface area contributed by atoms with E-state index in [4.69, 9.17) is 9.84 Å². The highest BCUT2D eigenvalue weighted by molar-refractivity contribution is 5.96. The molecule has 7 nitrogen and oxygen atoms in total. The fraction of sp³-hybridized carbons (Fsp3) is 0.290. The minimum atomic E-state index is -4.56. The van der Waals surface area contributed by atoms with Gasteiger partial charge >= 0.3 is 6.18 Å². The number of hydrogen-bond donors (Lipinski definition) is 0. The number of hydrogen-bond acceptors (Lipinski definition) is 5. The second-order valence-electron chi connectivity index (χ2n) is 10.3. The number of aromatic nitrogens is 5. The molecule has 0 amide bonds. The van der Waals surface area contributed by atoms with Crippen LogP contribution in [0, 0.1) is 6.92 Å². The highest BCUT2D eigenvalue weighted by Gasteiger charge is 2.33. The lowest BCUT2D eigenvalue weighted by molar-refractivity contribution is -0.141. The van der Waals surface area contributed by atoms with Crippen molar-refractivity contribution in [1.82, 2.24) is 24.3 Å². The molecule has 2 atom stereocenters. The summed E-state index contributed by atoms with van der Waals surface area (Å²) in [6, 6.07) is 15.1. The first kappa shape index (κ1) is 26.9. The molecule has 1 aliphatic heterocycles. The third kappa shape index (κ3) is 5.27. The maximum atomic E-state index is 13.2. The van der Waals surface area contributed by atoms with Gasteiger partial charge in [-0.05, 0) is 92.3 Å². The van der Waals surface area contributed by atoms with Crippen molar-refractivity contribution in [3.05, 3.63) is 100 Å². The van der Waals surface area contributed by atoms with Gasteiger partial charge in [-0.1, -0.05) is 6.07 Å². The van der Waals surface area contributed by atoms with Crippen molar-refractivity contribution in [3.8, 4) is 22.4 Å². The monoisotopic (exact) mass is 559 g/mol. The molecule has 0 bridgehead atoms. The van der Waals surface area contributed by atoms with Gasteiger partial charge in [0.2, 0.25) is 0 Å². The average Bonchev–Trinajstić information content (AvgIpc) is 3.36. The number of aryl methyl sites for hydroxylation is 1.